The molecule has 0 bridgehead atoms. The van der Waals surface area contributed by atoms with Gasteiger partial charge < -0.3 is 10.4 Å². The van der Waals surface area contributed by atoms with Gasteiger partial charge in [-0.15, -0.1) is 0 Å². The maximum absolute atomic E-state index is 12.2. The number of aromatic hydroxyl groups is 1. The summed E-state index contributed by atoms with van der Waals surface area (Å²) >= 11 is 1.41. The quantitative estimate of drug-likeness (QED) is 0.776. The standard InChI is InChI=1S/C16H13N3O2S/c1-10-15(19-14(21)12-7-13(20)9-17-8-12)22-16(18-10)11-5-3-2-4-6-11/h2-9,20H,1H3,(H,19,21). The molecule has 0 radical (unpaired) electrons. The summed E-state index contributed by atoms with van der Waals surface area (Å²) in [5.74, 6) is -0.367. The van der Waals surface area contributed by atoms with E-state index in [4.69, 9.17) is 0 Å². The largest absolute Gasteiger partial charge is 0.506 e. The SMILES string of the molecule is Cc1nc(-c2ccccc2)sc1NC(=O)c1cncc(O)c1. The number of carbonyl (C=O) groups excluding carboxylic acids is 1. The summed E-state index contributed by atoms with van der Waals surface area (Å²) in [5, 5.41) is 13.7. The number of amides is 1. The Bertz CT molecular complexity index is 815. The van der Waals surface area contributed by atoms with Crippen molar-refractivity contribution in [3.8, 4) is 16.3 Å². The topological polar surface area (TPSA) is 75.1 Å². The predicted molar refractivity (Wildman–Crippen MR) is 86.1 cm³/mol. The molecule has 0 atom stereocenters. The Labute approximate surface area is 131 Å². The monoisotopic (exact) mass is 311 g/mol. The normalized spacial score (nSPS) is 10.4. The molecule has 0 fully saturated rings. The van der Waals surface area contributed by atoms with Gasteiger partial charge in [0.15, 0.2) is 0 Å². The van der Waals surface area contributed by atoms with Crippen LogP contribution < -0.4 is 5.32 Å². The lowest BCUT2D eigenvalue weighted by Gasteiger charge is -2.03. The summed E-state index contributed by atoms with van der Waals surface area (Å²) in [6.45, 7) is 1.85. The fourth-order valence-electron chi connectivity index (χ4n) is 1.94. The molecule has 110 valence electrons. The number of hydrogen-bond acceptors (Lipinski definition) is 5. The minimum Gasteiger partial charge on any atom is -0.506 e. The second kappa shape index (κ2) is 5.95. The molecule has 0 unspecified atom stereocenters. The minimum absolute atomic E-state index is 0.0429. The smallest absolute Gasteiger partial charge is 0.258 e. The van der Waals surface area contributed by atoms with E-state index in [1.54, 1.807) is 0 Å². The van der Waals surface area contributed by atoms with E-state index in [1.165, 1.54) is 29.8 Å². The van der Waals surface area contributed by atoms with Crippen molar-refractivity contribution >= 4 is 22.2 Å². The first-order valence-corrected chi connectivity index (χ1v) is 7.43. The highest BCUT2D eigenvalue weighted by molar-refractivity contribution is 7.19. The van der Waals surface area contributed by atoms with E-state index in [2.05, 4.69) is 15.3 Å². The highest BCUT2D eigenvalue weighted by Crippen LogP contribution is 2.31. The molecule has 2 aromatic heterocycles. The van der Waals surface area contributed by atoms with E-state index in [0.717, 1.165) is 16.3 Å². The van der Waals surface area contributed by atoms with E-state index in [-0.39, 0.29) is 11.7 Å². The van der Waals surface area contributed by atoms with Crippen molar-refractivity contribution in [3.05, 3.63) is 60.0 Å². The molecule has 0 saturated carbocycles. The third kappa shape index (κ3) is 2.96. The third-order valence-electron chi connectivity index (χ3n) is 3.03. The number of benzene rings is 1. The number of hydrogen-bond donors (Lipinski definition) is 2. The van der Waals surface area contributed by atoms with Crippen molar-refractivity contribution in [2.45, 2.75) is 6.92 Å². The van der Waals surface area contributed by atoms with Crippen LogP contribution in [0, 0.1) is 6.92 Å². The first-order valence-electron chi connectivity index (χ1n) is 6.61. The Morgan fingerprint density at radius 3 is 2.73 bits per heavy atom. The van der Waals surface area contributed by atoms with Crippen molar-refractivity contribution in [3.63, 3.8) is 0 Å². The lowest BCUT2D eigenvalue weighted by molar-refractivity contribution is 0.102. The molecule has 1 amide bonds. The lowest BCUT2D eigenvalue weighted by Crippen LogP contribution is -2.11. The van der Waals surface area contributed by atoms with Crippen LogP contribution in [0.1, 0.15) is 16.1 Å². The number of nitrogens with zero attached hydrogens (tertiary/aromatic N) is 2. The van der Waals surface area contributed by atoms with Gasteiger partial charge in [-0.2, -0.15) is 0 Å². The van der Waals surface area contributed by atoms with Crippen LogP contribution in [0.5, 0.6) is 5.75 Å². The predicted octanol–water partition coefficient (Wildman–Crippen LogP) is 3.47. The molecule has 6 heteroatoms. The maximum atomic E-state index is 12.2. The van der Waals surface area contributed by atoms with E-state index in [9.17, 15) is 9.90 Å². The Kier molecular flexibility index (Phi) is 3.84. The molecular formula is C16H13N3O2S. The van der Waals surface area contributed by atoms with E-state index >= 15 is 0 Å². The molecule has 22 heavy (non-hydrogen) atoms. The number of nitrogens with one attached hydrogen (secondary N) is 1. The van der Waals surface area contributed by atoms with Crippen molar-refractivity contribution in [2.75, 3.05) is 5.32 Å². The Hall–Kier alpha value is -2.73. The molecule has 0 aliphatic carbocycles. The van der Waals surface area contributed by atoms with Crippen LogP contribution in [0.25, 0.3) is 10.6 Å². The van der Waals surface area contributed by atoms with E-state index in [0.29, 0.717) is 10.6 Å². The average molecular weight is 311 g/mol. The zero-order chi connectivity index (χ0) is 15.5. The Morgan fingerprint density at radius 2 is 2.00 bits per heavy atom. The molecule has 0 aliphatic heterocycles. The van der Waals surface area contributed by atoms with Gasteiger partial charge in [0, 0.05) is 11.8 Å². The number of carbonyl (C=O) groups is 1. The van der Waals surface area contributed by atoms with Crippen molar-refractivity contribution in [1.29, 1.82) is 0 Å². The molecule has 0 spiro atoms. The van der Waals surface area contributed by atoms with Crippen LogP contribution in [-0.4, -0.2) is 21.0 Å². The molecule has 5 nitrogen and oxygen atoms in total. The molecule has 2 N–H and O–H groups in total. The first-order chi connectivity index (χ1) is 10.6. The fraction of sp³-hybridized carbons (Fsp3) is 0.0625. The van der Waals surface area contributed by atoms with Gasteiger partial charge in [-0.3, -0.25) is 9.78 Å². The zero-order valence-electron chi connectivity index (χ0n) is 11.8. The van der Waals surface area contributed by atoms with Gasteiger partial charge in [-0.1, -0.05) is 41.7 Å². The number of pyridine rings is 1. The molecular weight excluding hydrogens is 298 g/mol. The van der Waals surface area contributed by atoms with Crippen LogP contribution in [0.2, 0.25) is 0 Å². The fourth-order valence-corrected chi connectivity index (χ4v) is 2.91. The van der Waals surface area contributed by atoms with E-state index in [1.807, 2.05) is 37.3 Å². The van der Waals surface area contributed by atoms with Crippen molar-refractivity contribution < 1.29 is 9.90 Å². The van der Waals surface area contributed by atoms with Crippen LogP contribution in [-0.2, 0) is 0 Å². The summed E-state index contributed by atoms with van der Waals surface area (Å²) < 4.78 is 0. The van der Waals surface area contributed by atoms with E-state index < -0.39 is 0 Å². The van der Waals surface area contributed by atoms with Crippen molar-refractivity contribution in [1.82, 2.24) is 9.97 Å². The first kappa shape index (κ1) is 14.2. The van der Waals surface area contributed by atoms with Gasteiger partial charge in [0.2, 0.25) is 0 Å². The summed E-state index contributed by atoms with van der Waals surface area (Å²) in [6.07, 6.45) is 2.69. The van der Waals surface area contributed by atoms with Crippen LogP contribution >= 0.6 is 11.3 Å². The minimum atomic E-state index is -0.324. The van der Waals surface area contributed by atoms with Gasteiger partial charge in [0.25, 0.3) is 5.91 Å². The van der Waals surface area contributed by atoms with Gasteiger partial charge in [-0.05, 0) is 13.0 Å². The van der Waals surface area contributed by atoms with Gasteiger partial charge in [0.05, 0.1) is 17.5 Å². The molecule has 1 aromatic carbocycles. The third-order valence-corrected chi connectivity index (χ3v) is 4.15. The Balaban J connectivity index is 1.84. The average Bonchev–Trinajstić information content (AvgIpc) is 2.89. The van der Waals surface area contributed by atoms with Crippen LogP contribution in [0.3, 0.4) is 0 Å². The lowest BCUT2D eigenvalue weighted by atomic mass is 10.2. The summed E-state index contributed by atoms with van der Waals surface area (Å²) in [7, 11) is 0. The number of anilines is 1. The molecule has 2 heterocycles. The summed E-state index contributed by atoms with van der Waals surface area (Å²) in [4.78, 5) is 20.5. The summed E-state index contributed by atoms with van der Waals surface area (Å²) in [5.41, 5.74) is 2.06. The highest BCUT2D eigenvalue weighted by Gasteiger charge is 2.13. The van der Waals surface area contributed by atoms with Crippen molar-refractivity contribution in [2.24, 2.45) is 0 Å². The molecule has 3 aromatic rings. The second-order valence-corrected chi connectivity index (χ2v) is 5.68. The number of aryl methyl sites for hydroxylation is 1. The molecule has 0 aliphatic rings. The Morgan fingerprint density at radius 1 is 1.23 bits per heavy atom. The molecule has 3 rings (SSSR count). The van der Waals surface area contributed by atoms with Crippen LogP contribution in [0.15, 0.2) is 48.8 Å². The number of thiazole rings is 1. The van der Waals surface area contributed by atoms with Gasteiger partial charge >= 0.3 is 0 Å². The highest BCUT2D eigenvalue weighted by atomic mass is 32.1. The number of aromatic nitrogens is 2. The van der Waals surface area contributed by atoms with Gasteiger partial charge in [-0.25, -0.2) is 4.98 Å². The molecule has 0 saturated heterocycles. The number of rotatable bonds is 3. The maximum Gasteiger partial charge on any atom is 0.258 e. The zero-order valence-corrected chi connectivity index (χ0v) is 12.6. The second-order valence-electron chi connectivity index (χ2n) is 4.69. The van der Waals surface area contributed by atoms with Crippen LogP contribution in [0.4, 0.5) is 5.00 Å². The summed E-state index contributed by atoms with van der Waals surface area (Å²) in [6, 6.07) is 11.2. The van der Waals surface area contributed by atoms with Gasteiger partial charge in [0.1, 0.15) is 15.8 Å².